The van der Waals surface area contributed by atoms with Gasteiger partial charge in [0.2, 0.25) is 0 Å². The summed E-state index contributed by atoms with van der Waals surface area (Å²) in [4.78, 5) is 4.64. The van der Waals surface area contributed by atoms with Crippen molar-refractivity contribution >= 4 is 38.6 Å². The first-order valence-electron chi connectivity index (χ1n) is 5.53. The van der Waals surface area contributed by atoms with Crippen LogP contribution in [0.2, 0.25) is 5.02 Å². The Morgan fingerprint density at radius 1 is 1.17 bits per heavy atom. The SMILES string of the molecule is Cn1c(-c2ccccc2Cl)nc2ccc(Br)cc21. The monoisotopic (exact) mass is 320 g/mol. The topological polar surface area (TPSA) is 17.8 Å². The predicted molar refractivity (Wildman–Crippen MR) is 78.9 cm³/mol. The number of halogens is 2. The van der Waals surface area contributed by atoms with Gasteiger partial charge in [-0.25, -0.2) is 4.98 Å². The third-order valence-corrected chi connectivity index (χ3v) is 3.78. The normalized spacial score (nSPS) is 11.1. The zero-order valence-corrected chi connectivity index (χ0v) is 12.0. The van der Waals surface area contributed by atoms with Crippen LogP contribution in [0.15, 0.2) is 46.9 Å². The Kier molecular flexibility index (Phi) is 2.88. The molecular weight excluding hydrogens is 312 g/mol. The molecule has 90 valence electrons. The maximum atomic E-state index is 6.23. The van der Waals surface area contributed by atoms with Gasteiger partial charge in [-0.2, -0.15) is 0 Å². The Morgan fingerprint density at radius 2 is 1.94 bits per heavy atom. The highest BCUT2D eigenvalue weighted by Gasteiger charge is 2.12. The van der Waals surface area contributed by atoms with Gasteiger partial charge in [-0.3, -0.25) is 0 Å². The van der Waals surface area contributed by atoms with Gasteiger partial charge >= 0.3 is 0 Å². The molecule has 0 saturated carbocycles. The van der Waals surface area contributed by atoms with E-state index in [1.165, 1.54) is 0 Å². The van der Waals surface area contributed by atoms with Gasteiger partial charge in [0.25, 0.3) is 0 Å². The lowest BCUT2D eigenvalue weighted by atomic mass is 10.2. The van der Waals surface area contributed by atoms with Crippen molar-refractivity contribution in [2.24, 2.45) is 7.05 Å². The molecule has 2 nitrogen and oxygen atoms in total. The van der Waals surface area contributed by atoms with Gasteiger partial charge in [0.05, 0.1) is 16.1 Å². The summed E-state index contributed by atoms with van der Waals surface area (Å²) in [5.41, 5.74) is 3.00. The van der Waals surface area contributed by atoms with E-state index in [1.54, 1.807) is 0 Å². The van der Waals surface area contributed by atoms with Gasteiger partial charge in [-0.05, 0) is 30.3 Å². The molecule has 0 amide bonds. The molecule has 0 spiro atoms. The van der Waals surface area contributed by atoms with Crippen molar-refractivity contribution in [3.63, 3.8) is 0 Å². The van der Waals surface area contributed by atoms with Gasteiger partial charge in [0, 0.05) is 17.1 Å². The molecule has 0 aliphatic heterocycles. The smallest absolute Gasteiger partial charge is 0.142 e. The van der Waals surface area contributed by atoms with Crippen LogP contribution < -0.4 is 0 Å². The van der Waals surface area contributed by atoms with Crippen molar-refractivity contribution in [1.29, 1.82) is 0 Å². The molecular formula is C14H10BrClN2. The van der Waals surface area contributed by atoms with E-state index in [1.807, 2.05) is 43.4 Å². The molecule has 1 aromatic heterocycles. The van der Waals surface area contributed by atoms with Gasteiger partial charge < -0.3 is 4.57 Å². The molecule has 0 fully saturated rings. The van der Waals surface area contributed by atoms with E-state index in [0.717, 1.165) is 31.9 Å². The number of rotatable bonds is 1. The van der Waals surface area contributed by atoms with Gasteiger partial charge in [0.15, 0.2) is 0 Å². The molecule has 0 aliphatic rings. The quantitative estimate of drug-likeness (QED) is 0.637. The van der Waals surface area contributed by atoms with Crippen LogP contribution in [0.25, 0.3) is 22.4 Å². The van der Waals surface area contributed by atoms with E-state index in [0.29, 0.717) is 0 Å². The molecule has 3 aromatic rings. The predicted octanol–water partition coefficient (Wildman–Crippen LogP) is 4.66. The summed E-state index contributed by atoms with van der Waals surface area (Å²) in [5.74, 6) is 0.883. The lowest BCUT2D eigenvalue weighted by molar-refractivity contribution is 0.959. The minimum absolute atomic E-state index is 0.718. The second kappa shape index (κ2) is 4.41. The van der Waals surface area contributed by atoms with E-state index >= 15 is 0 Å². The maximum Gasteiger partial charge on any atom is 0.142 e. The van der Waals surface area contributed by atoms with Crippen LogP contribution in [0.1, 0.15) is 0 Å². The van der Waals surface area contributed by atoms with E-state index in [-0.39, 0.29) is 0 Å². The number of hydrogen-bond acceptors (Lipinski definition) is 1. The molecule has 1 heterocycles. The standard InChI is InChI=1S/C14H10BrClN2/c1-18-13-8-9(15)6-7-12(13)17-14(18)10-4-2-3-5-11(10)16/h2-8H,1H3. The zero-order chi connectivity index (χ0) is 12.7. The van der Waals surface area contributed by atoms with Gasteiger partial charge in [-0.15, -0.1) is 0 Å². The largest absolute Gasteiger partial charge is 0.327 e. The van der Waals surface area contributed by atoms with Crippen LogP contribution in [-0.4, -0.2) is 9.55 Å². The number of imidazole rings is 1. The van der Waals surface area contributed by atoms with Gasteiger partial charge in [0.1, 0.15) is 5.82 Å². The molecule has 3 rings (SSSR count). The molecule has 0 atom stereocenters. The Morgan fingerprint density at radius 3 is 2.72 bits per heavy atom. The van der Waals surface area contributed by atoms with Gasteiger partial charge in [-0.1, -0.05) is 39.7 Å². The lowest BCUT2D eigenvalue weighted by Crippen LogP contribution is -1.92. The second-order valence-corrected chi connectivity index (χ2v) is 5.43. The van der Waals surface area contributed by atoms with Crippen molar-refractivity contribution in [3.05, 3.63) is 52.0 Å². The first-order chi connectivity index (χ1) is 8.66. The Hall–Kier alpha value is -1.32. The molecule has 0 N–H and O–H groups in total. The first-order valence-corrected chi connectivity index (χ1v) is 6.71. The fourth-order valence-electron chi connectivity index (χ4n) is 2.05. The Labute approximate surface area is 118 Å². The van der Waals surface area contributed by atoms with Crippen LogP contribution >= 0.6 is 27.5 Å². The summed E-state index contributed by atoms with van der Waals surface area (Å²) < 4.78 is 3.10. The number of aromatic nitrogens is 2. The summed E-state index contributed by atoms with van der Waals surface area (Å²) in [6.07, 6.45) is 0. The minimum atomic E-state index is 0.718. The van der Waals surface area contributed by atoms with Crippen LogP contribution in [0.5, 0.6) is 0 Å². The molecule has 0 radical (unpaired) electrons. The fourth-order valence-corrected chi connectivity index (χ4v) is 2.62. The third kappa shape index (κ3) is 1.84. The summed E-state index contributed by atoms with van der Waals surface area (Å²) >= 11 is 9.71. The highest BCUT2D eigenvalue weighted by molar-refractivity contribution is 9.10. The lowest BCUT2D eigenvalue weighted by Gasteiger charge is -2.04. The summed E-state index contributed by atoms with van der Waals surface area (Å²) in [7, 11) is 2.00. The second-order valence-electron chi connectivity index (χ2n) is 4.11. The molecule has 4 heteroatoms. The van der Waals surface area contributed by atoms with E-state index < -0.39 is 0 Å². The van der Waals surface area contributed by atoms with Crippen LogP contribution in [-0.2, 0) is 7.05 Å². The first kappa shape index (κ1) is 11.8. The number of nitrogens with zero attached hydrogens (tertiary/aromatic N) is 2. The number of hydrogen-bond donors (Lipinski definition) is 0. The minimum Gasteiger partial charge on any atom is -0.327 e. The van der Waals surface area contributed by atoms with Crippen molar-refractivity contribution in [2.45, 2.75) is 0 Å². The number of benzene rings is 2. The third-order valence-electron chi connectivity index (χ3n) is 2.96. The fraction of sp³-hybridized carbons (Fsp3) is 0.0714. The molecule has 0 bridgehead atoms. The van der Waals surface area contributed by atoms with Crippen molar-refractivity contribution in [1.82, 2.24) is 9.55 Å². The molecule has 0 unspecified atom stereocenters. The van der Waals surface area contributed by atoms with Crippen molar-refractivity contribution in [2.75, 3.05) is 0 Å². The highest BCUT2D eigenvalue weighted by atomic mass is 79.9. The molecule has 18 heavy (non-hydrogen) atoms. The van der Waals surface area contributed by atoms with Crippen molar-refractivity contribution < 1.29 is 0 Å². The highest BCUT2D eigenvalue weighted by Crippen LogP contribution is 2.30. The van der Waals surface area contributed by atoms with E-state index in [2.05, 4.69) is 31.5 Å². The Balaban J connectivity index is 2.31. The van der Waals surface area contributed by atoms with E-state index in [4.69, 9.17) is 11.6 Å². The molecule has 0 saturated heterocycles. The van der Waals surface area contributed by atoms with Crippen LogP contribution in [0.3, 0.4) is 0 Å². The van der Waals surface area contributed by atoms with Crippen LogP contribution in [0.4, 0.5) is 0 Å². The average molecular weight is 322 g/mol. The van der Waals surface area contributed by atoms with Crippen molar-refractivity contribution in [3.8, 4) is 11.4 Å². The van der Waals surface area contributed by atoms with E-state index in [9.17, 15) is 0 Å². The number of aryl methyl sites for hydroxylation is 1. The molecule has 2 aromatic carbocycles. The summed E-state index contributed by atoms with van der Waals surface area (Å²) in [6, 6.07) is 13.8. The average Bonchev–Trinajstić information content (AvgIpc) is 2.68. The van der Waals surface area contributed by atoms with Crippen LogP contribution in [0, 0.1) is 0 Å². The maximum absolute atomic E-state index is 6.23. The summed E-state index contributed by atoms with van der Waals surface area (Å²) in [5, 5.41) is 0.718. The Bertz CT molecular complexity index is 734. The number of fused-ring (bicyclic) bond motifs is 1. The molecule has 0 aliphatic carbocycles. The summed E-state index contributed by atoms with van der Waals surface area (Å²) in [6.45, 7) is 0. The zero-order valence-electron chi connectivity index (χ0n) is 9.69.